The van der Waals surface area contributed by atoms with Crippen molar-refractivity contribution in [3.8, 4) is 0 Å². The lowest BCUT2D eigenvalue weighted by atomic mass is 10.5. The zero-order chi connectivity index (χ0) is 8.27. The van der Waals surface area contributed by atoms with Crippen LogP contribution in [0.1, 0.15) is 0 Å². The number of ether oxygens (including phenoxy) is 1. The van der Waals surface area contributed by atoms with Gasteiger partial charge in [-0.3, -0.25) is 9.63 Å². The van der Waals surface area contributed by atoms with E-state index < -0.39 is 0 Å². The molecule has 1 aliphatic rings. The van der Waals surface area contributed by atoms with Gasteiger partial charge in [-0.15, -0.1) is 0 Å². The molecule has 1 amide bonds. The minimum absolute atomic E-state index is 0.219. The number of carbonyl (C=O) groups is 1. The molecule has 1 heterocycles. The van der Waals surface area contributed by atoms with Gasteiger partial charge in [-0.2, -0.15) is 5.06 Å². The summed E-state index contributed by atoms with van der Waals surface area (Å²) in [5.74, 6) is 0.242. The van der Waals surface area contributed by atoms with Crippen LogP contribution in [0.3, 0.4) is 0 Å². The van der Waals surface area contributed by atoms with Crippen LogP contribution in [0.5, 0.6) is 0 Å². The van der Waals surface area contributed by atoms with Crippen molar-refractivity contribution in [3.05, 3.63) is 12.0 Å². The number of nitrogens with one attached hydrogen (secondary N) is 1. The molecule has 0 radical (unpaired) electrons. The summed E-state index contributed by atoms with van der Waals surface area (Å²) < 4.78 is 4.80. The molecule has 0 aromatic carbocycles. The van der Waals surface area contributed by atoms with Crippen molar-refractivity contribution in [2.24, 2.45) is 0 Å². The van der Waals surface area contributed by atoms with Crippen LogP contribution in [-0.4, -0.2) is 31.9 Å². The summed E-state index contributed by atoms with van der Waals surface area (Å²) in [6.45, 7) is 0.314. The highest BCUT2D eigenvalue weighted by atomic mass is 16.7. The van der Waals surface area contributed by atoms with Crippen molar-refractivity contribution in [1.29, 1.82) is 0 Å². The fourth-order valence-electron chi connectivity index (χ4n) is 0.748. The second kappa shape index (κ2) is 3.25. The molecule has 5 heteroatoms. The third-order valence-corrected chi connectivity index (χ3v) is 1.34. The molecule has 0 saturated heterocycles. The molecule has 0 spiro atoms. The minimum Gasteiger partial charge on any atom is -0.482 e. The molecule has 1 N–H and O–H groups in total. The van der Waals surface area contributed by atoms with Crippen molar-refractivity contribution in [3.63, 3.8) is 0 Å². The second-order valence-electron chi connectivity index (χ2n) is 1.95. The molecule has 1 rings (SSSR count). The Labute approximate surface area is 64.5 Å². The first-order valence-corrected chi connectivity index (χ1v) is 3.13. The molecule has 62 valence electrons. The van der Waals surface area contributed by atoms with Crippen LogP contribution >= 0.6 is 0 Å². The van der Waals surface area contributed by atoms with Gasteiger partial charge in [0.05, 0.1) is 20.3 Å². The van der Waals surface area contributed by atoms with Crippen molar-refractivity contribution < 1.29 is 14.4 Å². The van der Waals surface area contributed by atoms with E-state index in [0.717, 1.165) is 0 Å². The summed E-state index contributed by atoms with van der Waals surface area (Å²) in [7, 11) is 2.93. The molecule has 0 atom stereocenters. The number of amides is 1. The number of methoxy groups -OCH3 is 1. The minimum atomic E-state index is -0.219. The highest BCUT2D eigenvalue weighted by molar-refractivity contribution is 5.87. The summed E-state index contributed by atoms with van der Waals surface area (Å²) >= 11 is 0. The van der Waals surface area contributed by atoms with Crippen LogP contribution in [0.25, 0.3) is 0 Å². The standard InChI is InChI=1S/C6H10N2O3/c1-10-5-3-6(9)8(11-2)4-7-5/h3,7H,4H2,1-2H3. The van der Waals surface area contributed by atoms with Crippen LogP contribution in [-0.2, 0) is 14.4 Å². The first-order valence-electron chi connectivity index (χ1n) is 3.13. The Morgan fingerprint density at radius 1 is 1.64 bits per heavy atom. The van der Waals surface area contributed by atoms with Crippen LogP contribution < -0.4 is 5.32 Å². The molecule has 0 aromatic heterocycles. The van der Waals surface area contributed by atoms with Gasteiger partial charge >= 0.3 is 0 Å². The lowest BCUT2D eigenvalue weighted by molar-refractivity contribution is -0.174. The molecule has 0 saturated carbocycles. The van der Waals surface area contributed by atoms with Gasteiger partial charge in [0, 0.05) is 0 Å². The molecule has 0 unspecified atom stereocenters. The summed E-state index contributed by atoms with van der Waals surface area (Å²) in [4.78, 5) is 15.7. The highest BCUT2D eigenvalue weighted by Gasteiger charge is 2.17. The summed E-state index contributed by atoms with van der Waals surface area (Å²) in [6, 6.07) is 0. The second-order valence-corrected chi connectivity index (χ2v) is 1.95. The van der Waals surface area contributed by atoms with E-state index >= 15 is 0 Å². The lowest BCUT2D eigenvalue weighted by Gasteiger charge is -2.23. The van der Waals surface area contributed by atoms with Crippen molar-refractivity contribution in [2.45, 2.75) is 0 Å². The largest absolute Gasteiger partial charge is 0.482 e. The summed E-state index contributed by atoms with van der Waals surface area (Å²) in [6.07, 6.45) is 1.33. The molecular weight excluding hydrogens is 148 g/mol. The average Bonchev–Trinajstić information content (AvgIpc) is 2.04. The molecular formula is C6H10N2O3. The Morgan fingerprint density at radius 2 is 2.36 bits per heavy atom. The van der Waals surface area contributed by atoms with Crippen molar-refractivity contribution in [2.75, 3.05) is 20.9 Å². The van der Waals surface area contributed by atoms with Crippen LogP contribution in [0.4, 0.5) is 0 Å². The maximum atomic E-state index is 11.0. The van der Waals surface area contributed by atoms with Crippen LogP contribution in [0, 0.1) is 0 Å². The van der Waals surface area contributed by atoms with Gasteiger partial charge in [0.2, 0.25) is 0 Å². The van der Waals surface area contributed by atoms with Gasteiger partial charge in [-0.1, -0.05) is 0 Å². The fourth-order valence-corrected chi connectivity index (χ4v) is 0.748. The monoisotopic (exact) mass is 158 g/mol. The van der Waals surface area contributed by atoms with E-state index in [1.165, 1.54) is 25.4 Å². The Bertz CT molecular complexity index is 190. The molecule has 1 aliphatic heterocycles. The predicted octanol–water partition coefficient (Wildman–Crippen LogP) is -0.575. The predicted molar refractivity (Wildman–Crippen MR) is 36.9 cm³/mol. The first kappa shape index (κ1) is 7.87. The smallest absolute Gasteiger partial charge is 0.277 e. The fraction of sp³-hybridized carbons (Fsp3) is 0.500. The number of hydrogen-bond acceptors (Lipinski definition) is 4. The normalized spacial score (nSPS) is 17.5. The van der Waals surface area contributed by atoms with E-state index in [-0.39, 0.29) is 5.91 Å². The van der Waals surface area contributed by atoms with E-state index in [1.54, 1.807) is 0 Å². The number of rotatable bonds is 2. The molecule has 0 aromatic rings. The van der Waals surface area contributed by atoms with Gasteiger partial charge in [0.15, 0.2) is 5.88 Å². The van der Waals surface area contributed by atoms with Gasteiger partial charge in [-0.25, -0.2) is 0 Å². The Kier molecular flexibility index (Phi) is 2.32. The van der Waals surface area contributed by atoms with E-state index in [9.17, 15) is 4.79 Å². The van der Waals surface area contributed by atoms with E-state index in [1.807, 2.05) is 0 Å². The molecule has 0 aliphatic carbocycles. The topological polar surface area (TPSA) is 50.8 Å². The zero-order valence-corrected chi connectivity index (χ0v) is 6.46. The Morgan fingerprint density at radius 3 is 2.82 bits per heavy atom. The third-order valence-electron chi connectivity index (χ3n) is 1.34. The van der Waals surface area contributed by atoms with E-state index in [0.29, 0.717) is 12.6 Å². The first-order chi connectivity index (χ1) is 5.27. The average molecular weight is 158 g/mol. The Hall–Kier alpha value is -1.23. The van der Waals surface area contributed by atoms with Crippen LogP contribution in [0.15, 0.2) is 12.0 Å². The van der Waals surface area contributed by atoms with Gasteiger partial charge in [-0.05, 0) is 0 Å². The number of carbonyl (C=O) groups excluding carboxylic acids is 1. The third kappa shape index (κ3) is 1.62. The zero-order valence-electron chi connectivity index (χ0n) is 6.46. The maximum absolute atomic E-state index is 11.0. The lowest BCUT2D eigenvalue weighted by Crippen LogP contribution is -2.41. The molecule has 5 nitrogen and oxygen atoms in total. The SMILES string of the molecule is COC1=CC(=O)N(OC)CN1. The van der Waals surface area contributed by atoms with Crippen LogP contribution in [0.2, 0.25) is 0 Å². The molecule has 11 heavy (non-hydrogen) atoms. The number of hydrogen-bond donors (Lipinski definition) is 1. The van der Waals surface area contributed by atoms with Gasteiger partial charge in [0.1, 0.15) is 6.67 Å². The number of nitrogens with zero attached hydrogens (tertiary/aromatic N) is 1. The molecule has 0 fully saturated rings. The highest BCUT2D eigenvalue weighted by Crippen LogP contribution is 2.01. The van der Waals surface area contributed by atoms with E-state index in [4.69, 9.17) is 9.57 Å². The van der Waals surface area contributed by atoms with Gasteiger partial charge < -0.3 is 10.1 Å². The number of hydroxylamine groups is 2. The van der Waals surface area contributed by atoms with E-state index in [2.05, 4.69) is 5.32 Å². The van der Waals surface area contributed by atoms with Crippen molar-refractivity contribution in [1.82, 2.24) is 10.4 Å². The summed E-state index contributed by atoms with van der Waals surface area (Å²) in [5, 5.41) is 4.00. The molecule has 0 bridgehead atoms. The maximum Gasteiger partial charge on any atom is 0.277 e. The summed E-state index contributed by atoms with van der Waals surface area (Å²) in [5.41, 5.74) is 0. The Balaban J connectivity index is 2.62. The van der Waals surface area contributed by atoms with Gasteiger partial charge in [0.25, 0.3) is 5.91 Å². The van der Waals surface area contributed by atoms with Crippen molar-refractivity contribution >= 4 is 5.91 Å². The quantitative estimate of drug-likeness (QED) is 0.584.